The fourth-order valence-corrected chi connectivity index (χ4v) is 2.99. The summed E-state index contributed by atoms with van der Waals surface area (Å²) in [5.74, 6) is 0.509. The summed E-state index contributed by atoms with van der Waals surface area (Å²) in [5.41, 5.74) is 6.50. The SMILES string of the molecule is Cc1ccc(Nc2nc(N/N=C/c3cc([N+](=O)[O-])ccc3O)nc(Nc3ccc(C)cc3)n2)cc1. The first-order chi connectivity index (χ1) is 16.9. The third kappa shape index (κ3) is 6.26. The minimum atomic E-state index is -0.553. The normalized spacial score (nSPS) is 10.8. The third-order valence-corrected chi connectivity index (χ3v) is 4.84. The number of nitro benzene ring substituents is 1. The maximum absolute atomic E-state index is 11.0. The number of anilines is 5. The minimum Gasteiger partial charge on any atom is -0.507 e. The number of rotatable bonds is 8. The lowest BCUT2D eigenvalue weighted by Crippen LogP contribution is -2.07. The van der Waals surface area contributed by atoms with Crippen LogP contribution in [0.15, 0.2) is 71.8 Å². The number of aryl methyl sites for hydroxylation is 2. The average molecular weight is 470 g/mol. The summed E-state index contributed by atoms with van der Waals surface area (Å²) < 4.78 is 0. The Bertz CT molecular complexity index is 1310. The molecule has 0 saturated carbocycles. The van der Waals surface area contributed by atoms with Crippen LogP contribution in [0.2, 0.25) is 0 Å². The summed E-state index contributed by atoms with van der Waals surface area (Å²) in [6.45, 7) is 3.99. The summed E-state index contributed by atoms with van der Waals surface area (Å²) >= 11 is 0. The van der Waals surface area contributed by atoms with E-state index in [4.69, 9.17) is 0 Å². The van der Waals surface area contributed by atoms with Gasteiger partial charge in [0.2, 0.25) is 17.8 Å². The standard InChI is InChI=1S/C24H22N8O3/c1-15-3-7-18(8-4-15)26-22-28-23(27-19-9-5-16(2)6-10-19)30-24(29-22)31-25-14-17-13-20(32(34)35)11-12-21(17)33/h3-14,33H,1-2H3,(H3,26,27,28,29,30,31)/b25-14+. The molecule has 0 spiro atoms. The second-order valence-electron chi connectivity index (χ2n) is 7.66. The molecule has 35 heavy (non-hydrogen) atoms. The zero-order valence-corrected chi connectivity index (χ0v) is 18.9. The summed E-state index contributed by atoms with van der Waals surface area (Å²) in [7, 11) is 0. The number of aromatic nitrogens is 3. The van der Waals surface area contributed by atoms with Gasteiger partial charge >= 0.3 is 0 Å². The Morgan fingerprint density at radius 1 is 0.829 bits per heavy atom. The van der Waals surface area contributed by atoms with Gasteiger partial charge in [-0.2, -0.15) is 20.1 Å². The van der Waals surface area contributed by atoms with Gasteiger partial charge in [0.1, 0.15) is 5.75 Å². The van der Waals surface area contributed by atoms with Gasteiger partial charge in [-0.05, 0) is 44.2 Å². The summed E-state index contributed by atoms with van der Waals surface area (Å²) in [6, 6.07) is 19.1. The molecule has 4 N–H and O–H groups in total. The summed E-state index contributed by atoms with van der Waals surface area (Å²) in [6.07, 6.45) is 1.24. The highest BCUT2D eigenvalue weighted by Crippen LogP contribution is 2.22. The number of phenolic OH excluding ortho intramolecular Hbond substituents is 1. The number of nitrogens with zero attached hydrogens (tertiary/aromatic N) is 5. The van der Waals surface area contributed by atoms with Crippen molar-refractivity contribution in [1.29, 1.82) is 0 Å². The number of benzene rings is 3. The molecule has 4 aromatic rings. The van der Waals surface area contributed by atoms with Crippen LogP contribution < -0.4 is 16.1 Å². The van der Waals surface area contributed by atoms with Crippen molar-refractivity contribution in [3.05, 3.63) is 93.5 Å². The van der Waals surface area contributed by atoms with Crippen LogP contribution in [0.4, 0.5) is 34.9 Å². The van der Waals surface area contributed by atoms with Crippen LogP contribution in [0.5, 0.6) is 5.75 Å². The Labute approximate surface area is 200 Å². The Morgan fingerprint density at radius 3 is 1.86 bits per heavy atom. The summed E-state index contributed by atoms with van der Waals surface area (Å²) in [5, 5.41) is 31.3. The van der Waals surface area contributed by atoms with E-state index in [0.717, 1.165) is 22.5 Å². The van der Waals surface area contributed by atoms with Crippen LogP contribution in [0, 0.1) is 24.0 Å². The van der Waals surface area contributed by atoms with E-state index in [1.165, 1.54) is 24.4 Å². The molecule has 0 aliphatic carbocycles. The van der Waals surface area contributed by atoms with Crippen LogP contribution in [-0.4, -0.2) is 31.2 Å². The quantitative estimate of drug-likeness (QED) is 0.158. The molecule has 0 bridgehead atoms. The van der Waals surface area contributed by atoms with Crippen LogP contribution in [0.3, 0.4) is 0 Å². The molecule has 3 aromatic carbocycles. The molecule has 11 nitrogen and oxygen atoms in total. The molecule has 0 fully saturated rings. The van der Waals surface area contributed by atoms with Gasteiger partial charge in [-0.25, -0.2) is 5.43 Å². The maximum atomic E-state index is 11.0. The molecule has 176 valence electrons. The second-order valence-corrected chi connectivity index (χ2v) is 7.66. The number of aromatic hydroxyl groups is 1. The Kier molecular flexibility index (Phi) is 6.77. The minimum absolute atomic E-state index is 0.116. The number of hydrogen-bond donors (Lipinski definition) is 4. The van der Waals surface area contributed by atoms with Crippen LogP contribution in [0.1, 0.15) is 16.7 Å². The molecule has 4 rings (SSSR count). The van der Waals surface area contributed by atoms with E-state index in [9.17, 15) is 15.2 Å². The van der Waals surface area contributed by atoms with Gasteiger partial charge in [0.25, 0.3) is 5.69 Å². The lowest BCUT2D eigenvalue weighted by Gasteiger charge is -2.10. The van der Waals surface area contributed by atoms with Crippen molar-refractivity contribution < 1.29 is 10.0 Å². The first-order valence-electron chi connectivity index (χ1n) is 10.6. The van der Waals surface area contributed by atoms with Crippen molar-refractivity contribution in [2.45, 2.75) is 13.8 Å². The van der Waals surface area contributed by atoms with Gasteiger partial charge in [0.05, 0.1) is 11.1 Å². The van der Waals surface area contributed by atoms with Gasteiger partial charge in [0.15, 0.2) is 0 Å². The van der Waals surface area contributed by atoms with Crippen LogP contribution in [-0.2, 0) is 0 Å². The molecular formula is C24H22N8O3. The molecule has 0 amide bonds. The highest BCUT2D eigenvalue weighted by atomic mass is 16.6. The monoisotopic (exact) mass is 470 g/mol. The summed E-state index contributed by atoms with van der Waals surface area (Å²) in [4.78, 5) is 23.5. The van der Waals surface area contributed by atoms with Crippen molar-refractivity contribution in [3.63, 3.8) is 0 Å². The van der Waals surface area contributed by atoms with Crippen LogP contribution in [0.25, 0.3) is 0 Å². The number of hydrogen-bond acceptors (Lipinski definition) is 10. The maximum Gasteiger partial charge on any atom is 0.270 e. The van der Waals surface area contributed by atoms with Gasteiger partial charge in [0, 0.05) is 29.1 Å². The highest BCUT2D eigenvalue weighted by molar-refractivity contribution is 5.84. The van der Waals surface area contributed by atoms with Gasteiger partial charge in [-0.1, -0.05) is 35.4 Å². The molecule has 0 radical (unpaired) electrons. The Morgan fingerprint density at radius 2 is 1.34 bits per heavy atom. The Hall–Kier alpha value is -5.06. The predicted octanol–water partition coefficient (Wildman–Crippen LogP) is 5.04. The lowest BCUT2D eigenvalue weighted by atomic mass is 10.2. The first kappa shape index (κ1) is 23.1. The van der Waals surface area contributed by atoms with Crippen LogP contribution >= 0.6 is 0 Å². The van der Waals surface area contributed by atoms with E-state index in [1.54, 1.807) is 0 Å². The fraction of sp³-hybridized carbons (Fsp3) is 0.0833. The molecule has 1 heterocycles. The van der Waals surface area contributed by atoms with E-state index in [1.807, 2.05) is 62.4 Å². The van der Waals surface area contributed by atoms with Crippen molar-refractivity contribution >= 4 is 41.1 Å². The molecule has 0 saturated heterocycles. The average Bonchev–Trinajstić information content (AvgIpc) is 2.83. The van der Waals surface area contributed by atoms with Gasteiger partial charge in [-0.3, -0.25) is 10.1 Å². The van der Waals surface area contributed by atoms with E-state index >= 15 is 0 Å². The van der Waals surface area contributed by atoms with Gasteiger partial charge < -0.3 is 15.7 Å². The fourth-order valence-electron chi connectivity index (χ4n) is 2.99. The number of non-ortho nitro benzene ring substituents is 1. The molecular weight excluding hydrogens is 448 g/mol. The second kappa shape index (κ2) is 10.3. The first-order valence-corrected chi connectivity index (χ1v) is 10.6. The van der Waals surface area contributed by atoms with Gasteiger partial charge in [-0.15, -0.1) is 0 Å². The van der Waals surface area contributed by atoms with E-state index in [2.05, 4.69) is 36.1 Å². The molecule has 0 atom stereocenters. The number of nitro groups is 1. The topological polar surface area (TPSA) is 150 Å². The number of hydrazone groups is 1. The molecule has 0 aliphatic heterocycles. The van der Waals surface area contributed by atoms with Crippen molar-refractivity contribution in [2.24, 2.45) is 5.10 Å². The van der Waals surface area contributed by atoms with E-state index in [0.29, 0.717) is 0 Å². The molecule has 0 aliphatic rings. The third-order valence-electron chi connectivity index (χ3n) is 4.84. The van der Waals surface area contributed by atoms with E-state index in [-0.39, 0.29) is 34.8 Å². The highest BCUT2D eigenvalue weighted by Gasteiger charge is 2.10. The predicted molar refractivity (Wildman–Crippen MR) is 135 cm³/mol. The molecule has 1 aromatic heterocycles. The Balaban J connectivity index is 1.60. The largest absolute Gasteiger partial charge is 0.507 e. The molecule has 11 heteroatoms. The van der Waals surface area contributed by atoms with Crippen molar-refractivity contribution in [2.75, 3.05) is 16.1 Å². The van der Waals surface area contributed by atoms with Crippen molar-refractivity contribution in [3.8, 4) is 5.75 Å². The zero-order chi connectivity index (χ0) is 24.8. The van der Waals surface area contributed by atoms with E-state index < -0.39 is 4.92 Å². The zero-order valence-electron chi connectivity index (χ0n) is 18.9. The lowest BCUT2D eigenvalue weighted by molar-refractivity contribution is -0.384. The van der Waals surface area contributed by atoms with Crippen molar-refractivity contribution in [1.82, 2.24) is 15.0 Å². The smallest absolute Gasteiger partial charge is 0.270 e. The number of nitrogens with one attached hydrogen (secondary N) is 3. The number of phenols is 1. The molecule has 0 unspecified atom stereocenters.